The number of thiocarbonyl (C=S) groups is 1. The van der Waals surface area contributed by atoms with Crippen molar-refractivity contribution >= 4 is 17.3 Å². The van der Waals surface area contributed by atoms with Crippen molar-refractivity contribution in [2.75, 3.05) is 13.1 Å². The Balaban J connectivity index is 2.39. The van der Waals surface area contributed by atoms with E-state index in [0.717, 1.165) is 24.1 Å². The minimum atomic E-state index is 0.449. The van der Waals surface area contributed by atoms with Gasteiger partial charge in [0.25, 0.3) is 0 Å². The Kier molecular flexibility index (Phi) is 4.66. The number of nitrogens with zero attached hydrogens (tertiary/aromatic N) is 1. The molecular formula is C11H22N2S. The van der Waals surface area contributed by atoms with Crippen molar-refractivity contribution in [2.45, 2.75) is 46.1 Å². The number of hydrogen-bond donors (Lipinski definition) is 1. The van der Waals surface area contributed by atoms with E-state index < -0.39 is 0 Å². The van der Waals surface area contributed by atoms with E-state index in [1.165, 1.54) is 19.3 Å². The van der Waals surface area contributed by atoms with Crippen LogP contribution in [0.5, 0.6) is 0 Å². The molecule has 0 saturated carbocycles. The van der Waals surface area contributed by atoms with Crippen molar-refractivity contribution in [3.05, 3.63) is 0 Å². The topological polar surface area (TPSA) is 15.3 Å². The van der Waals surface area contributed by atoms with E-state index in [0.29, 0.717) is 6.04 Å². The molecule has 0 spiro atoms. The predicted octanol–water partition coefficient (Wildman–Crippen LogP) is 2.39. The third-order valence-corrected chi connectivity index (χ3v) is 3.17. The molecule has 82 valence electrons. The Labute approximate surface area is 93.1 Å². The zero-order valence-corrected chi connectivity index (χ0v) is 10.4. The quantitative estimate of drug-likeness (QED) is 0.711. The predicted molar refractivity (Wildman–Crippen MR) is 65.5 cm³/mol. The highest BCUT2D eigenvalue weighted by Crippen LogP contribution is 2.19. The van der Waals surface area contributed by atoms with E-state index in [1.54, 1.807) is 0 Å². The van der Waals surface area contributed by atoms with Gasteiger partial charge in [-0.3, -0.25) is 0 Å². The largest absolute Gasteiger partial charge is 0.360 e. The summed E-state index contributed by atoms with van der Waals surface area (Å²) in [7, 11) is 0. The van der Waals surface area contributed by atoms with Crippen LogP contribution in [-0.2, 0) is 0 Å². The summed E-state index contributed by atoms with van der Waals surface area (Å²) in [5.74, 6) is 0.843. The standard InChI is InChI=1S/C11H22N2S/c1-4-10-6-5-7-13(8-10)11(14)12-9(2)3/h9-10H,4-8H2,1-3H3,(H,12,14). The SMILES string of the molecule is CCC1CCCN(C(=S)NC(C)C)C1. The summed E-state index contributed by atoms with van der Waals surface area (Å²) in [5, 5.41) is 4.26. The van der Waals surface area contributed by atoms with Gasteiger partial charge in [-0.05, 0) is 44.8 Å². The molecule has 0 amide bonds. The summed E-state index contributed by atoms with van der Waals surface area (Å²) < 4.78 is 0. The van der Waals surface area contributed by atoms with E-state index in [2.05, 4.69) is 31.0 Å². The van der Waals surface area contributed by atoms with Gasteiger partial charge in [-0.2, -0.15) is 0 Å². The number of hydrogen-bond acceptors (Lipinski definition) is 1. The van der Waals surface area contributed by atoms with Gasteiger partial charge in [0.2, 0.25) is 0 Å². The molecule has 1 rings (SSSR count). The minimum absolute atomic E-state index is 0.449. The number of likely N-dealkylation sites (tertiary alicyclic amines) is 1. The van der Waals surface area contributed by atoms with Gasteiger partial charge in [-0.1, -0.05) is 13.3 Å². The van der Waals surface area contributed by atoms with Gasteiger partial charge in [0.1, 0.15) is 0 Å². The lowest BCUT2D eigenvalue weighted by Gasteiger charge is -2.34. The second kappa shape index (κ2) is 5.54. The van der Waals surface area contributed by atoms with Crippen molar-refractivity contribution < 1.29 is 0 Å². The van der Waals surface area contributed by atoms with Gasteiger partial charge >= 0.3 is 0 Å². The monoisotopic (exact) mass is 214 g/mol. The highest BCUT2D eigenvalue weighted by molar-refractivity contribution is 7.80. The van der Waals surface area contributed by atoms with Crippen LogP contribution in [-0.4, -0.2) is 29.1 Å². The minimum Gasteiger partial charge on any atom is -0.360 e. The van der Waals surface area contributed by atoms with Crippen LogP contribution in [0.15, 0.2) is 0 Å². The van der Waals surface area contributed by atoms with Gasteiger partial charge in [0.05, 0.1) is 0 Å². The van der Waals surface area contributed by atoms with Crippen LogP contribution in [0.1, 0.15) is 40.0 Å². The van der Waals surface area contributed by atoms with Gasteiger partial charge in [0.15, 0.2) is 5.11 Å². The molecule has 3 heteroatoms. The maximum absolute atomic E-state index is 5.37. The summed E-state index contributed by atoms with van der Waals surface area (Å²) in [6, 6.07) is 0.449. The smallest absolute Gasteiger partial charge is 0.169 e. The summed E-state index contributed by atoms with van der Waals surface area (Å²) >= 11 is 5.37. The lowest BCUT2D eigenvalue weighted by molar-refractivity contribution is 0.250. The molecule has 1 saturated heterocycles. The first kappa shape index (κ1) is 11.8. The fourth-order valence-electron chi connectivity index (χ4n) is 1.92. The third kappa shape index (κ3) is 3.45. The van der Waals surface area contributed by atoms with Crippen LogP contribution >= 0.6 is 12.2 Å². The lowest BCUT2D eigenvalue weighted by atomic mass is 9.96. The van der Waals surface area contributed by atoms with Crippen molar-refractivity contribution in [1.29, 1.82) is 0 Å². The number of piperidine rings is 1. The average molecular weight is 214 g/mol. The summed E-state index contributed by atoms with van der Waals surface area (Å²) in [6.45, 7) is 8.82. The summed E-state index contributed by atoms with van der Waals surface area (Å²) in [4.78, 5) is 2.33. The molecular weight excluding hydrogens is 192 g/mol. The first-order valence-corrected chi connectivity index (χ1v) is 6.09. The molecule has 1 unspecified atom stereocenters. The van der Waals surface area contributed by atoms with E-state index in [9.17, 15) is 0 Å². The second-order valence-electron chi connectivity index (χ2n) is 4.47. The van der Waals surface area contributed by atoms with Crippen molar-refractivity contribution in [3.8, 4) is 0 Å². The van der Waals surface area contributed by atoms with Crippen molar-refractivity contribution in [3.63, 3.8) is 0 Å². The molecule has 0 aromatic rings. The molecule has 0 radical (unpaired) electrons. The maximum atomic E-state index is 5.37. The fraction of sp³-hybridized carbons (Fsp3) is 0.909. The third-order valence-electron chi connectivity index (χ3n) is 2.80. The molecule has 0 aromatic heterocycles. The number of nitrogens with one attached hydrogen (secondary N) is 1. The van der Waals surface area contributed by atoms with E-state index in [4.69, 9.17) is 12.2 Å². The van der Waals surface area contributed by atoms with E-state index in [1.807, 2.05) is 0 Å². The average Bonchev–Trinajstić information content (AvgIpc) is 2.17. The zero-order chi connectivity index (χ0) is 10.6. The van der Waals surface area contributed by atoms with E-state index >= 15 is 0 Å². The molecule has 1 fully saturated rings. The summed E-state index contributed by atoms with van der Waals surface area (Å²) in [5.41, 5.74) is 0. The Morgan fingerprint density at radius 2 is 2.29 bits per heavy atom. The molecule has 1 heterocycles. The van der Waals surface area contributed by atoms with Crippen molar-refractivity contribution in [2.24, 2.45) is 5.92 Å². The maximum Gasteiger partial charge on any atom is 0.169 e. The molecule has 0 bridgehead atoms. The molecule has 14 heavy (non-hydrogen) atoms. The van der Waals surface area contributed by atoms with Crippen LogP contribution in [0.4, 0.5) is 0 Å². The Morgan fingerprint density at radius 1 is 1.57 bits per heavy atom. The Bertz CT molecular complexity index is 192. The van der Waals surface area contributed by atoms with Crippen LogP contribution < -0.4 is 5.32 Å². The van der Waals surface area contributed by atoms with Crippen molar-refractivity contribution in [1.82, 2.24) is 10.2 Å². The fourth-order valence-corrected chi connectivity index (χ4v) is 2.32. The normalized spacial score (nSPS) is 22.6. The van der Waals surface area contributed by atoms with E-state index in [-0.39, 0.29) is 0 Å². The first-order valence-electron chi connectivity index (χ1n) is 5.69. The molecule has 1 aliphatic heterocycles. The second-order valence-corrected chi connectivity index (χ2v) is 4.85. The molecule has 1 atom stereocenters. The highest BCUT2D eigenvalue weighted by atomic mass is 32.1. The first-order chi connectivity index (χ1) is 6.63. The Morgan fingerprint density at radius 3 is 2.86 bits per heavy atom. The van der Waals surface area contributed by atoms with Crippen LogP contribution in [0.2, 0.25) is 0 Å². The number of rotatable bonds is 2. The van der Waals surface area contributed by atoms with Gasteiger partial charge in [-0.15, -0.1) is 0 Å². The van der Waals surface area contributed by atoms with Crippen LogP contribution in [0, 0.1) is 5.92 Å². The van der Waals surface area contributed by atoms with Gasteiger partial charge in [0, 0.05) is 19.1 Å². The van der Waals surface area contributed by atoms with Gasteiger partial charge < -0.3 is 10.2 Å². The highest BCUT2D eigenvalue weighted by Gasteiger charge is 2.20. The molecule has 0 aromatic carbocycles. The summed E-state index contributed by atoms with van der Waals surface area (Å²) in [6.07, 6.45) is 3.94. The molecule has 2 nitrogen and oxygen atoms in total. The molecule has 1 aliphatic rings. The van der Waals surface area contributed by atoms with Crippen LogP contribution in [0.3, 0.4) is 0 Å². The zero-order valence-electron chi connectivity index (χ0n) is 9.55. The van der Waals surface area contributed by atoms with Crippen LogP contribution in [0.25, 0.3) is 0 Å². The Hall–Kier alpha value is -0.310. The lowest BCUT2D eigenvalue weighted by Crippen LogP contribution is -2.47. The molecule has 0 aliphatic carbocycles. The molecule has 1 N–H and O–H groups in total. The van der Waals surface area contributed by atoms with Gasteiger partial charge in [-0.25, -0.2) is 0 Å².